The highest BCUT2D eigenvalue weighted by atomic mass is 32.2. The van der Waals surface area contributed by atoms with Gasteiger partial charge in [-0.1, -0.05) is 12.1 Å². The van der Waals surface area contributed by atoms with E-state index in [0.717, 1.165) is 0 Å². The molecule has 6 nitrogen and oxygen atoms in total. The average Bonchev–Trinajstić information content (AvgIpc) is 2.69. The number of nitrogen functional groups attached to an aromatic ring is 1. The molecule has 0 bridgehead atoms. The molecule has 1 fully saturated rings. The standard InChI is InChI=1S/C19H22F3N3O3S2/c1-18(26,19(20,21)22)13-2-5-15(6-3-13)24-8-10-25(11-9-24)30(27,28)17-12-14(23)4-7-16(17)29/h2-7,12,26,29H,8-11,23H2,1H3/t18-/m1/s1. The number of aliphatic hydroxyl groups is 1. The second-order valence-electron chi connectivity index (χ2n) is 7.24. The molecule has 1 aliphatic rings. The molecule has 2 aromatic rings. The van der Waals surface area contributed by atoms with E-state index in [1.54, 1.807) is 6.07 Å². The van der Waals surface area contributed by atoms with Crippen molar-refractivity contribution in [1.82, 2.24) is 4.31 Å². The zero-order chi connectivity index (χ0) is 22.3. The van der Waals surface area contributed by atoms with Crippen LogP contribution in [0.4, 0.5) is 24.5 Å². The van der Waals surface area contributed by atoms with Gasteiger partial charge in [0.15, 0.2) is 5.60 Å². The highest BCUT2D eigenvalue weighted by molar-refractivity contribution is 7.90. The van der Waals surface area contributed by atoms with E-state index in [1.807, 2.05) is 4.90 Å². The number of piperazine rings is 1. The molecule has 2 aromatic carbocycles. The van der Waals surface area contributed by atoms with E-state index in [-0.39, 0.29) is 23.5 Å². The van der Waals surface area contributed by atoms with Crippen molar-refractivity contribution >= 4 is 34.0 Å². The van der Waals surface area contributed by atoms with Crippen LogP contribution in [0.5, 0.6) is 0 Å². The Balaban J connectivity index is 1.72. The number of benzene rings is 2. The maximum Gasteiger partial charge on any atom is 0.421 e. The SMILES string of the molecule is C[C@@](O)(c1ccc(N2CCN(S(=O)(=O)c3cc(N)ccc3S)CC2)cc1)C(F)(F)F. The third-order valence-electron chi connectivity index (χ3n) is 5.19. The van der Waals surface area contributed by atoms with E-state index < -0.39 is 21.8 Å². The fourth-order valence-electron chi connectivity index (χ4n) is 3.22. The number of hydrogen-bond donors (Lipinski definition) is 3. The van der Waals surface area contributed by atoms with Crippen molar-refractivity contribution in [3.05, 3.63) is 48.0 Å². The topological polar surface area (TPSA) is 86.9 Å². The Kier molecular flexibility index (Phi) is 6.02. The molecule has 1 aliphatic heterocycles. The molecule has 164 valence electrons. The van der Waals surface area contributed by atoms with Crippen LogP contribution < -0.4 is 10.6 Å². The van der Waals surface area contributed by atoms with Gasteiger partial charge in [0, 0.05) is 42.4 Å². The van der Waals surface area contributed by atoms with Crippen molar-refractivity contribution in [2.24, 2.45) is 0 Å². The lowest BCUT2D eigenvalue weighted by Crippen LogP contribution is -2.48. The third-order valence-corrected chi connectivity index (χ3v) is 7.67. The Morgan fingerprint density at radius 1 is 1.03 bits per heavy atom. The largest absolute Gasteiger partial charge is 0.421 e. The first-order valence-electron chi connectivity index (χ1n) is 9.07. The summed E-state index contributed by atoms with van der Waals surface area (Å²) in [5.74, 6) is 0. The number of hydrogen-bond acceptors (Lipinski definition) is 6. The van der Waals surface area contributed by atoms with Crippen molar-refractivity contribution in [2.45, 2.75) is 28.5 Å². The molecule has 0 amide bonds. The number of thiol groups is 1. The van der Waals surface area contributed by atoms with Crippen molar-refractivity contribution in [3.8, 4) is 0 Å². The number of alkyl halides is 3. The fraction of sp³-hybridized carbons (Fsp3) is 0.368. The summed E-state index contributed by atoms with van der Waals surface area (Å²) in [4.78, 5) is 2.22. The van der Waals surface area contributed by atoms with Gasteiger partial charge in [0.2, 0.25) is 10.0 Å². The van der Waals surface area contributed by atoms with Crippen LogP contribution in [-0.2, 0) is 15.6 Å². The normalized spacial score (nSPS) is 18.3. The number of halogens is 3. The van der Waals surface area contributed by atoms with Gasteiger partial charge in [-0.3, -0.25) is 0 Å². The Labute approximate surface area is 178 Å². The molecule has 1 saturated heterocycles. The summed E-state index contributed by atoms with van der Waals surface area (Å²) in [6.07, 6.45) is -4.79. The molecule has 30 heavy (non-hydrogen) atoms. The minimum atomic E-state index is -4.79. The second kappa shape index (κ2) is 7.95. The van der Waals surface area contributed by atoms with Crippen LogP contribution in [0.25, 0.3) is 0 Å². The molecular weight excluding hydrogens is 439 g/mol. The molecule has 0 radical (unpaired) electrons. The van der Waals surface area contributed by atoms with Gasteiger partial charge in [0.05, 0.1) is 4.90 Å². The lowest BCUT2D eigenvalue weighted by atomic mass is 9.95. The van der Waals surface area contributed by atoms with Crippen LogP contribution in [0.3, 0.4) is 0 Å². The summed E-state index contributed by atoms with van der Waals surface area (Å²) in [6, 6.07) is 9.90. The van der Waals surface area contributed by atoms with Crippen LogP contribution in [0.2, 0.25) is 0 Å². The number of rotatable bonds is 4. The molecule has 0 aromatic heterocycles. The van der Waals surface area contributed by atoms with E-state index in [1.165, 1.54) is 40.7 Å². The molecule has 0 spiro atoms. The summed E-state index contributed by atoms with van der Waals surface area (Å²) < 4.78 is 66.1. The van der Waals surface area contributed by atoms with Crippen molar-refractivity contribution in [3.63, 3.8) is 0 Å². The first kappa shape index (κ1) is 22.7. The molecule has 3 rings (SSSR count). The van der Waals surface area contributed by atoms with Crippen LogP contribution in [0, 0.1) is 0 Å². The molecular formula is C19H22F3N3O3S2. The quantitative estimate of drug-likeness (QED) is 0.482. The van der Waals surface area contributed by atoms with E-state index in [2.05, 4.69) is 12.6 Å². The number of sulfonamides is 1. The highest BCUT2D eigenvalue weighted by Crippen LogP contribution is 2.39. The molecule has 1 atom stereocenters. The lowest BCUT2D eigenvalue weighted by molar-refractivity contribution is -0.258. The smallest absolute Gasteiger partial charge is 0.399 e. The zero-order valence-electron chi connectivity index (χ0n) is 16.1. The van der Waals surface area contributed by atoms with E-state index >= 15 is 0 Å². The molecule has 0 saturated carbocycles. The second-order valence-corrected chi connectivity index (χ2v) is 9.62. The van der Waals surface area contributed by atoms with Gasteiger partial charge in [-0.05, 0) is 42.8 Å². The summed E-state index contributed by atoms with van der Waals surface area (Å²) in [5, 5.41) is 9.77. The van der Waals surface area contributed by atoms with Crippen molar-refractivity contribution in [2.75, 3.05) is 36.8 Å². The number of anilines is 2. The third kappa shape index (κ3) is 4.25. The average molecular weight is 462 g/mol. The zero-order valence-corrected chi connectivity index (χ0v) is 17.8. The maximum atomic E-state index is 13.0. The Morgan fingerprint density at radius 2 is 1.60 bits per heavy atom. The highest BCUT2D eigenvalue weighted by Gasteiger charge is 2.51. The summed E-state index contributed by atoms with van der Waals surface area (Å²) in [7, 11) is -3.77. The van der Waals surface area contributed by atoms with Crippen molar-refractivity contribution < 1.29 is 26.7 Å². The fourth-order valence-corrected chi connectivity index (χ4v) is 5.25. The Bertz CT molecular complexity index is 1020. The molecule has 11 heteroatoms. The molecule has 3 N–H and O–H groups in total. The van der Waals surface area contributed by atoms with Gasteiger partial charge in [-0.25, -0.2) is 8.42 Å². The first-order valence-corrected chi connectivity index (χ1v) is 11.0. The first-order chi connectivity index (χ1) is 13.8. The minimum absolute atomic E-state index is 0.0398. The Hall–Kier alpha value is -1.95. The van der Waals surface area contributed by atoms with Gasteiger partial charge in [0.25, 0.3) is 0 Å². The number of nitrogens with two attached hydrogens (primary N) is 1. The summed E-state index contributed by atoms with van der Waals surface area (Å²) >= 11 is 4.21. The van der Waals surface area contributed by atoms with Gasteiger partial charge in [-0.15, -0.1) is 12.6 Å². The van der Waals surface area contributed by atoms with E-state index in [4.69, 9.17) is 5.73 Å². The van der Waals surface area contributed by atoms with Gasteiger partial charge < -0.3 is 15.7 Å². The van der Waals surface area contributed by atoms with Crippen LogP contribution in [0.1, 0.15) is 12.5 Å². The van der Waals surface area contributed by atoms with Crippen LogP contribution in [-0.4, -0.2) is 50.2 Å². The van der Waals surface area contributed by atoms with Crippen molar-refractivity contribution in [1.29, 1.82) is 0 Å². The molecule has 0 aliphatic carbocycles. The monoisotopic (exact) mass is 461 g/mol. The predicted molar refractivity (Wildman–Crippen MR) is 111 cm³/mol. The van der Waals surface area contributed by atoms with Gasteiger partial charge in [0.1, 0.15) is 0 Å². The van der Waals surface area contributed by atoms with E-state index in [0.29, 0.717) is 36.3 Å². The lowest BCUT2D eigenvalue weighted by Gasteiger charge is -2.36. The molecule has 1 heterocycles. The Morgan fingerprint density at radius 3 is 2.13 bits per heavy atom. The minimum Gasteiger partial charge on any atom is -0.399 e. The maximum absolute atomic E-state index is 13.0. The summed E-state index contributed by atoms with van der Waals surface area (Å²) in [6.45, 7) is 1.83. The van der Waals surface area contributed by atoms with Gasteiger partial charge in [-0.2, -0.15) is 17.5 Å². The summed E-state index contributed by atoms with van der Waals surface area (Å²) in [5.41, 5.74) is 3.47. The molecule has 0 unspecified atom stereocenters. The van der Waals surface area contributed by atoms with E-state index in [9.17, 15) is 26.7 Å². The van der Waals surface area contributed by atoms with Crippen LogP contribution >= 0.6 is 12.6 Å². The van der Waals surface area contributed by atoms with Gasteiger partial charge >= 0.3 is 6.18 Å². The van der Waals surface area contributed by atoms with Crippen LogP contribution in [0.15, 0.2) is 52.3 Å². The number of nitrogens with zero attached hydrogens (tertiary/aromatic N) is 2. The predicted octanol–water partition coefficient (Wildman–Crippen LogP) is 2.84.